The average Bonchev–Trinajstić information content (AvgIpc) is 3.25. The van der Waals surface area contributed by atoms with Gasteiger partial charge in [0.15, 0.2) is 0 Å². The number of hydrogen-bond donors (Lipinski definition) is 3. The van der Waals surface area contributed by atoms with E-state index in [2.05, 4.69) is 25.9 Å². The molecule has 6 rings (SSSR count). The molecule has 13 heteroatoms. The Balaban J connectivity index is 0.865. The van der Waals surface area contributed by atoms with Crippen molar-refractivity contribution in [2.24, 2.45) is 0 Å². The number of carbonyl (C=O) groups excluding carboxylic acids is 4. The van der Waals surface area contributed by atoms with E-state index in [0.29, 0.717) is 37.4 Å². The largest absolute Gasteiger partial charge is 0.465 e. The highest BCUT2D eigenvalue weighted by Gasteiger charge is 2.24. The first-order valence-corrected chi connectivity index (χ1v) is 20.0. The number of ether oxygens (including phenoxy) is 3. The summed E-state index contributed by atoms with van der Waals surface area (Å²) in [6, 6.07) is 34.6. The highest BCUT2D eigenvalue weighted by Crippen LogP contribution is 2.35. The van der Waals surface area contributed by atoms with Gasteiger partial charge in [0.2, 0.25) is 11.8 Å². The van der Waals surface area contributed by atoms with Crippen molar-refractivity contribution in [1.82, 2.24) is 25.9 Å². The third-order valence-electron chi connectivity index (χ3n) is 9.04. The predicted molar refractivity (Wildman–Crippen MR) is 222 cm³/mol. The van der Waals surface area contributed by atoms with Crippen LogP contribution in [0.5, 0.6) is 0 Å². The Bertz CT molecular complexity index is 2270. The van der Waals surface area contributed by atoms with Crippen molar-refractivity contribution in [3.8, 4) is 0 Å². The van der Waals surface area contributed by atoms with E-state index in [1.807, 2.05) is 91.0 Å². The lowest BCUT2D eigenvalue weighted by atomic mass is 10.1. The van der Waals surface area contributed by atoms with Crippen LogP contribution in [0.15, 0.2) is 122 Å². The fourth-order valence-corrected chi connectivity index (χ4v) is 8.68. The molecule has 6 aromatic rings. The van der Waals surface area contributed by atoms with Crippen molar-refractivity contribution in [2.75, 3.05) is 46.6 Å². The highest BCUT2D eigenvalue weighted by atomic mass is 31.1. The number of rotatable bonds is 19. The first kappa shape index (κ1) is 40.6. The predicted octanol–water partition coefficient (Wildman–Crippen LogP) is 4.30. The van der Waals surface area contributed by atoms with E-state index >= 15 is 0 Å². The summed E-state index contributed by atoms with van der Waals surface area (Å²) in [7, 11) is 0.187. The average molecular weight is 786 g/mol. The number of hydrogen-bond acceptors (Lipinski definition) is 9. The number of nitrogens with zero attached hydrogens (tertiary/aromatic N) is 2. The second kappa shape index (κ2) is 20.7. The zero-order valence-corrected chi connectivity index (χ0v) is 32.5. The van der Waals surface area contributed by atoms with Gasteiger partial charge in [0.25, 0.3) is 5.91 Å². The maximum Gasteiger partial charge on any atom is 0.338 e. The molecule has 0 aliphatic heterocycles. The van der Waals surface area contributed by atoms with Gasteiger partial charge in [0.05, 0.1) is 50.1 Å². The fourth-order valence-electron chi connectivity index (χ4n) is 6.21. The summed E-state index contributed by atoms with van der Waals surface area (Å²) in [6.45, 7) is 2.06. The molecule has 57 heavy (non-hydrogen) atoms. The number of carbonyl (C=O) groups is 4. The Hall–Kier alpha value is -6.07. The smallest absolute Gasteiger partial charge is 0.338 e. The maximum absolute atomic E-state index is 13.2. The molecular weight excluding hydrogens is 741 g/mol. The lowest BCUT2D eigenvalue weighted by Crippen LogP contribution is -2.31. The van der Waals surface area contributed by atoms with Gasteiger partial charge in [-0.2, -0.15) is 0 Å². The molecule has 292 valence electrons. The zero-order chi connectivity index (χ0) is 39.8. The molecule has 0 aliphatic rings. The lowest BCUT2D eigenvalue weighted by Gasteiger charge is -2.22. The van der Waals surface area contributed by atoms with E-state index in [9.17, 15) is 19.2 Å². The number of amides is 3. The molecule has 3 amide bonds. The number of benzene rings is 4. The minimum absolute atomic E-state index is 0.0601. The Kier molecular flexibility index (Phi) is 14.8. The molecule has 0 bridgehead atoms. The second-order valence-corrected chi connectivity index (χ2v) is 15.0. The molecule has 2 aromatic heterocycles. The molecule has 0 atom stereocenters. The van der Waals surface area contributed by atoms with Crippen LogP contribution in [-0.4, -0.2) is 80.3 Å². The number of nitrogens with one attached hydrogen (secondary N) is 3. The van der Waals surface area contributed by atoms with Gasteiger partial charge in [-0.15, -0.1) is 0 Å². The van der Waals surface area contributed by atoms with E-state index in [-0.39, 0.29) is 50.3 Å². The summed E-state index contributed by atoms with van der Waals surface area (Å²) >= 11 is 0. The van der Waals surface area contributed by atoms with Crippen LogP contribution in [0.4, 0.5) is 0 Å². The van der Waals surface area contributed by atoms with E-state index < -0.39 is 13.9 Å². The van der Waals surface area contributed by atoms with Crippen LogP contribution < -0.4 is 31.9 Å². The second-order valence-electron chi connectivity index (χ2n) is 12.8. The molecule has 0 saturated heterocycles. The highest BCUT2D eigenvalue weighted by molar-refractivity contribution is 7.80. The first-order chi connectivity index (χ1) is 27.9. The van der Waals surface area contributed by atoms with Crippen molar-refractivity contribution >= 4 is 69.3 Å². The van der Waals surface area contributed by atoms with Gasteiger partial charge in [0, 0.05) is 66.5 Å². The van der Waals surface area contributed by atoms with Gasteiger partial charge in [-0.25, -0.2) is 4.79 Å². The van der Waals surface area contributed by atoms with E-state index in [4.69, 9.17) is 14.2 Å². The zero-order valence-electron chi connectivity index (χ0n) is 31.6. The lowest BCUT2D eigenvalue weighted by molar-refractivity contribution is -0.126. The number of methoxy groups -OCH3 is 1. The third-order valence-corrected chi connectivity index (χ3v) is 11.5. The minimum atomic E-state index is -1.16. The van der Waals surface area contributed by atoms with Crippen LogP contribution in [0.1, 0.15) is 39.1 Å². The third kappa shape index (κ3) is 11.0. The first-order valence-electron chi connectivity index (χ1n) is 18.6. The summed E-state index contributed by atoms with van der Waals surface area (Å²) in [4.78, 5) is 59.8. The monoisotopic (exact) mass is 785 g/mol. The van der Waals surface area contributed by atoms with Crippen LogP contribution in [-0.2, 0) is 30.3 Å². The summed E-state index contributed by atoms with van der Waals surface area (Å²) in [5, 5.41) is 13.3. The molecular formula is C44H44N5O7P. The van der Waals surface area contributed by atoms with Gasteiger partial charge in [-0.05, 0) is 54.4 Å². The van der Waals surface area contributed by atoms with E-state index in [0.717, 1.165) is 43.3 Å². The van der Waals surface area contributed by atoms with Crippen molar-refractivity contribution in [1.29, 1.82) is 0 Å². The summed E-state index contributed by atoms with van der Waals surface area (Å²) < 4.78 is 16.3. The van der Waals surface area contributed by atoms with Gasteiger partial charge >= 0.3 is 5.97 Å². The SMILES string of the molecule is COC(=O)c1ccc(C(=O)NCCOCCOCCNC(=O)CCC(=O)NCc2ccnc3c2ccc2cccnc23)cc1P(c1ccccc1)c1ccccc1. The number of pyridine rings is 2. The Labute approximate surface area is 332 Å². The van der Waals surface area contributed by atoms with Gasteiger partial charge in [-0.1, -0.05) is 78.9 Å². The molecule has 0 spiro atoms. The normalized spacial score (nSPS) is 11.1. The van der Waals surface area contributed by atoms with Crippen LogP contribution >= 0.6 is 7.92 Å². The van der Waals surface area contributed by atoms with Gasteiger partial charge < -0.3 is 30.2 Å². The fraction of sp³-hybridized carbons (Fsp3) is 0.227. The molecule has 0 fully saturated rings. The molecule has 12 nitrogen and oxygen atoms in total. The van der Waals surface area contributed by atoms with Crippen LogP contribution in [0, 0.1) is 0 Å². The molecule has 3 N–H and O–H groups in total. The summed E-state index contributed by atoms with van der Waals surface area (Å²) in [5.74, 6) is -1.21. The Morgan fingerprint density at radius 2 is 1.28 bits per heavy atom. The number of esters is 1. The quantitative estimate of drug-likeness (QED) is 0.0472. The topological polar surface area (TPSA) is 158 Å². The number of fused-ring (bicyclic) bond motifs is 3. The van der Waals surface area contributed by atoms with Crippen molar-refractivity contribution in [2.45, 2.75) is 19.4 Å². The molecule has 0 unspecified atom stereocenters. The molecule has 2 heterocycles. The minimum Gasteiger partial charge on any atom is -0.465 e. The maximum atomic E-state index is 13.2. The molecule has 0 radical (unpaired) electrons. The van der Waals surface area contributed by atoms with Crippen LogP contribution in [0.25, 0.3) is 21.8 Å². The summed E-state index contributed by atoms with van der Waals surface area (Å²) in [5.41, 5.74) is 3.36. The van der Waals surface area contributed by atoms with Gasteiger partial charge in [0.1, 0.15) is 0 Å². The van der Waals surface area contributed by atoms with E-state index in [1.54, 1.807) is 30.6 Å². The Morgan fingerprint density at radius 1 is 0.632 bits per heavy atom. The van der Waals surface area contributed by atoms with Crippen molar-refractivity contribution in [3.05, 3.63) is 138 Å². The van der Waals surface area contributed by atoms with Crippen molar-refractivity contribution < 1.29 is 33.4 Å². The van der Waals surface area contributed by atoms with Crippen LogP contribution in [0.2, 0.25) is 0 Å². The molecule has 0 aliphatic carbocycles. The van der Waals surface area contributed by atoms with E-state index in [1.165, 1.54) is 7.11 Å². The summed E-state index contributed by atoms with van der Waals surface area (Å²) in [6.07, 6.45) is 3.57. The van der Waals surface area contributed by atoms with Crippen LogP contribution in [0.3, 0.4) is 0 Å². The number of aromatic nitrogens is 2. The molecule has 4 aromatic carbocycles. The Morgan fingerprint density at radius 3 is 1.96 bits per heavy atom. The van der Waals surface area contributed by atoms with Crippen molar-refractivity contribution in [3.63, 3.8) is 0 Å². The van der Waals surface area contributed by atoms with Gasteiger partial charge in [-0.3, -0.25) is 24.4 Å². The standard InChI is InChI=1S/C44H44N5O7P/c1-54-44(53)37-17-15-32(29-38(37)57(34-10-4-2-5-11-34)35-12-6-3-7-13-35)43(52)48-24-26-56-28-27-55-25-23-45-39(50)18-19-40(51)49-30-33-20-22-47-42-36(33)16-14-31-9-8-21-46-41(31)42/h2-17,20-22,29H,18-19,23-28,30H2,1H3,(H,45,50)(H,48,52)(H,49,51). The molecule has 0 saturated carbocycles.